The van der Waals surface area contributed by atoms with E-state index < -0.39 is 15.4 Å². The molecule has 72 valence electrons. The topological polar surface area (TPSA) is 57.2 Å². The molecule has 14 heavy (non-hydrogen) atoms. The molecule has 1 atom stereocenters. The van der Waals surface area contributed by atoms with E-state index in [4.69, 9.17) is 0 Å². The third kappa shape index (κ3) is 3.71. The Morgan fingerprint density at radius 3 is 2.14 bits per heavy atom. The molecule has 0 aromatic heterocycles. The van der Waals surface area contributed by atoms with E-state index in [-0.39, 0.29) is 29.6 Å². The molecule has 0 aliphatic carbocycles. The molecule has 0 spiro atoms. The molecule has 0 saturated carbocycles. The molecule has 1 aromatic carbocycles. The Morgan fingerprint density at radius 2 is 1.79 bits per heavy atom. The van der Waals surface area contributed by atoms with E-state index in [9.17, 15) is 13.0 Å². The van der Waals surface area contributed by atoms with Crippen LogP contribution in [0.15, 0.2) is 30.3 Å². The van der Waals surface area contributed by atoms with Crippen molar-refractivity contribution < 1.29 is 42.5 Å². The fourth-order valence-corrected chi connectivity index (χ4v) is 2.17. The second-order valence-corrected chi connectivity index (χ2v) is 4.36. The maximum absolute atomic E-state index is 10.8. The molecule has 1 unspecified atom stereocenters. The summed E-state index contributed by atoms with van der Waals surface area (Å²) in [5, 5.41) is -0.909. The van der Waals surface area contributed by atoms with Crippen LogP contribution in [0, 0.1) is 0 Å². The summed E-state index contributed by atoms with van der Waals surface area (Å²) in [6, 6.07) is 8.55. The molecule has 0 fully saturated rings. The van der Waals surface area contributed by atoms with Gasteiger partial charge in [0.1, 0.15) is 10.1 Å². The number of rotatable bonds is 3. The molecule has 0 bridgehead atoms. The minimum atomic E-state index is -4.22. The van der Waals surface area contributed by atoms with Crippen molar-refractivity contribution in [1.29, 1.82) is 0 Å². The molecule has 0 aliphatic heterocycles. The predicted molar refractivity (Wildman–Crippen MR) is 49.2 cm³/mol. The van der Waals surface area contributed by atoms with Crippen molar-refractivity contribution >= 4 is 10.1 Å². The van der Waals surface area contributed by atoms with Gasteiger partial charge in [-0.3, -0.25) is 0 Å². The van der Waals surface area contributed by atoms with Gasteiger partial charge >= 0.3 is 29.6 Å². The van der Waals surface area contributed by atoms with Crippen LogP contribution >= 0.6 is 0 Å². The van der Waals surface area contributed by atoms with Gasteiger partial charge in [-0.15, -0.1) is 0 Å². The van der Waals surface area contributed by atoms with E-state index in [1.165, 1.54) is 0 Å². The molecule has 0 amide bonds. The van der Waals surface area contributed by atoms with Gasteiger partial charge in [0, 0.05) is 0 Å². The SMILES string of the molecule is CCC(c1ccccc1)S(=O)(=O)[O-].[Na+]. The van der Waals surface area contributed by atoms with Crippen molar-refractivity contribution in [1.82, 2.24) is 0 Å². The zero-order valence-electron chi connectivity index (χ0n) is 8.30. The van der Waals surface area contributed by atoms with Crippen molar-refractivity contribution in [3.8, 4) is 0 Å². The molecule has 3 nitrogen and oxygen atoms in total. The van der Waals surface area contributed by atoms with Gasteiger partial charge in [-0.2, -0.15) is 0 Å². The minimum absolute atomic E-state index is 0. The third-order valence-corrected chi connectivity index (χ3v) is 3.19. The van der Waals surface area contributed by atoms with E-state index in [0.717, 1.165) is 0 Å². The van der Waals surface area contributed by atoms with Gasteiger partial charge < -0.3 is 4.55 Å². The largest absolute Gasteiger partial charge is 1.00 e. The Kier molecular flexibility index (Phi) is 5.93. The van der Waals surface area contributed by atoms with Crippen LogP contribution in [0.1, 0.15) is 24.2 Å². The summed E-state index contributed by atoms with van der Waals surface area (Å²) in [6.07, 6.45) is 0.315. The van der Waals surface area contributed by atoms with Gasteiger partial charge in [0.05, 0.1) is 5.25 Å². The van der Waals surface area contributed by atoms with Crippen LogP contribution in [0.5, 0.6) is 0 Å². The quantitative estimate of drug-likeness (QED) is 0.471. The van der Waals surface area contributed by atoms with Crippen LogP contribution < -0.4 is 29.6 Å². The van der Waals surface area contributed by atoms with Crippen molar-refractivity contribution in [3.63, 3.8) is 0 Å². The van der Waals surface area contributed by atoms with Crippen molar-refractivity contribution in [2.45, 2.75) is 18.6 Å². The summed E-state index contributed by atoms with van der Waals surface area (Å²) >= 11 is 0. The van der Waals surface area contributed by atoms with Crippen molar-refractivity contribution in [3.05, 3.63) is 35.9 Å². The molecule has 0 heterocycles. The summed E-state index contributed by atoms with van der Waals surface area (Å²) in [5.74, 6) is 0. The first-order valence-corrected chi connectivity index (χ1v) is 5.52. The Bertz CT molecular complexity index is 361. The smallest absolute Gasteiger partial charge is 0.747 e. The molecule has 1 rings (SSSR count). The first-order chi connectivity index (χ1) is 6.05. The Balaban J connectivity index is 0.00000169. The molecule has 5 heteroatoms. The number of benzene rings is 1. The average Bonchev–Trinajstić information content (AvgIpc) is 2.05. The fraction of sp³-hybridized carbons (Fsp3) is 0.333. The van der Waals surface area contributed by atoms with Crippen LogP contribution in [0.2, 0.25) is 0 Å². The minimum Gasteiger partial charge on any atom is -0.747 e. The molecule has 0 N–H and O–H groups in total. The first kappa shape index (κ1) is 14.1. The van der Waals surface area contributed by atoms with Crippen LogP contribution in [-0.2, 0) is 10.1 Å². The van der Waals surface area contributed by atoms with Crippen LogP contribution in [0.4, 0.5) is 0 Å². The molecule has 1 aromatic rings. The monoisotopic (exact) mass is 222 g/mol. The van der Waals surface area contributed by atoms with Gasteiger partial charge in [0.2, 0.25) is 0 Å². The Hall–Kier alpha value is 0.130. The molecule has 0 saturated heterocycles. The standard InChI is InChI=1S/C9H12O3S.Na/c1-2-9(13(10,11)12)8-6-4-3-5-7-8;/h3-7,9H,2H2,1H3,(H,10,11,12);/q;+1/p-1. The Morgan fingerprint density at radius 1 is 1.29 bits per heavy atom. The Labute approximate surface area is 107 Å². The van der Waals surface area contributed by atoms with Gasteiger partial charge in [0.15, 0.2) is 0 Å². The van der Waals surface area contributed by atoms with Crippen LogP contribution in [-0.4, -0.2) is 13.0 Å². The number of hydrogen-bond donors (Lipinski definition) is 0. The zero-order chi connectivity index (χ0) is 9.90. The van der Waals surface area contributed by atoms with Crippen molar-refractivity contribution in [2.24, 2.45) is 0 Å². The summed E-state index contributed by atoms with van der Waals surface area (Å²) in [6.45, 7) is 1.69. The zero-order valence-corrected chi connectivity index (χ0v) is 11.1. The van der Waals surface area contributed by atoms with Crippen molar-refractivity contribution in [2.75, 3.05) is 0 Å². The summed E-state index contributed by atoms with van der Waals surface area (Å²) in [4.78, 5) is 0. The first-order valence-electron chi connectivity index (χ1n) is 4.05. The second kappa shape index (κ2) is 5.88. The van der Waals surface area contributed by atoms with E-state index in [0.29, 0.717) is 12.0 Å². The van der Waals surface area contributed by atoms with Gasteiger partial charge in [-0.05, 0) is 12.0 Å². The second-order valence-electron chi connectivity index (χ2n) is 2.80. The maximum Gasteiger partial charge on any atom is 1.00 e. The van der Waals surface area contributed by atoms with Gasteiger partial charge in [-0.25, -0.2) is 8.42 Å². The summed E-state index contributed by atoms with van der Waals surface area (Å²) in [7, 11) is -4.22. The van der Waals surface area contributed by atoms with E-state index in [1.807, 2.05) is 0 Å². The summed E-state index contributed by atoms with van der Waals surface area (Å²) < 4.78 is 32.4. The fourth-order valence-electron chi connectivity index (χ4n) is 1.27. The average molecular weight is 222 g/mol. The summed E-state index contributed by atoms with van der Waals surface area (Å²) in [5.41, 5.74) is 0.569. The molecule has 0 aliphatic rings. The molecular formula is C9H11NaO3S. The third-order valence-electron chi connectivity index (χ3n) is 1.89. The molecule has 0 radical (unpaired) electrons. The molecular weight excluding hydrogens is 211 g/mol. The van der Waals surface area contributed by atoms with E-state index in [1.54, 1.807) is 37.3 Å². The van der Waals surface area contributed by atoms with E-state index >= 15 is 0 Å². The number of hydrogen-bond acceptors (Lipinski definition) is 3. The normalized spacial score (nSPS) is 13.0. The van der Waals surface area contributed by atoms with Crippen LogP contribution in [0.3, 0.4) is 0 Å². The maximum atomic E-state index is 10.8. The van der Waals surface area contributed by atoms with Gasteiger partial charge in [0.25, 0.3) is 0 Å². The van der Waals surface area contributed by atoms with Gasteiger partial charge in [-0.1, -0.05) is 37.3 Å². The van der Waals surface area contributed by atoms with E-state index in [2.05, 4.69) is 0 Å². The predicted octanol–water partition coefficient (Wildman–Crippen LogP) is -1.31. The van der Waals surface area contributed by atoms with Crippen LogP contribution in [0.25, 0.3) is 0 Å².